The topological polar surface area (TPSA) is 22.3 Å². The Labute approximate surface area is 160 Å². The van der Waals surface area contributed by atoms with E-state index < -0.39 is 0 Å². The SMILES string of the molecule is Cc1[nH]c2ccc(F)cc2c1CCCN1CCN(Cc2ccccc2)CC1. The summed E-state index contributed by atoms with van der Waals surface area (Å²) >= 11 is 0. The molecule has 4 heteroatoms. The predicted molar refractivity (Wildman–Crippen MR) is 109 cm³/mol. The van der Waals surface area contributed by atoms with Crippen LogP contribution in [0.1, 0.15) is 23.2 Å². The van der Waals surface area contributed by atoms with Crippen LogP contribution in [0.4, 0.5) is 4.39 Å². The van der Waals surface area contributed by atoms with Gasteiger partial charge in [-0.3, -0.25) is 4.90 Å². The van der Waals surface area contributed by atoms with E-state index in [2.05, 4.69) is 52.0 Å². The second-order valence-electron chi connectivity index (χ2n) is 7.63. The van der Waals surface area contributed by atoms with Gasteiger partial charge in [0.05, 0.1) is 0 Å². The van der Waals surface area contributed by atoms with Gasteiger partial charge in [-0.2, -0.15) is 0 Å². The van der Waals surface area contributed by atoms with E-state index in [-0.39, 0.29) is 5.82 Å². The summed E-state index contributed by atoms with van der Waals surface area (Å²) < 4.78 is 13.6. The average Bonchev–Trinajstić information content (AvgIpc) is 2.99. The van der Waals surface area contributed by atoms with Gasteiger partial charge in [0, 0.05) is 49.3 Å². The molecule has 0 spiro atoms. The Hall–Kier alpha value is -2.17. The molecule has 0 unspecified atom stereocenters. The van der Waals surface area contributed by atoms with Crippen LogP contribution in [0.3, 0.4) is 0 Å². The molecule has 0 atom stereocenters. The van der Waals surface area contributed by atoms with Crippen molar-refractivity contribution in [3.05, 3.63) is 71.2 Å². The van der Waals surface area contributed by atoms with E-state index in [4.69, 9.17) is 0 Å². The second-order valence-corrected chi connectivity index (χ2v) is 7.63. The Balaban J connectivity index is 1.26. The van der Waals surface area contributed by atoms with Gasteiger partial charge >= 0.3 is 0 Å². The molecule has 0 aliphatic carbocycles. The van der Waals surface area contributed by atoms with Crippen molar-refractivity contribution in [3.63, 3.8) is 0 Å². The number of aryl methyl sites for hydroxylation is 2. The lowest BCUT2D eigenvalue weighted by molar-refractivity contribution is 0.126. The zero-order chi connectivity index (χ0) is 18.6. The summed E-state index contributed by atoms with van der Waals surface area (Å²) in [4.78, 5) is 8.49. The van der Waals surface area contributed by atoms with Crippen LogP contribution in [0.15, 0.2) is 48.5 Å². The fourth-order valence-corrected chi connectivity index (χ4v) is 4.17. The normalized spacial score (nSPS) is 16.2. The minimum Gasteiger partial charge on any atom is -0.358 e. The van der Waals surface area contributed by atoms with Crippen molar-refractivity contribution < 1.29 is 4.39 Å². The van der Waals surface area contributed by atoms with Crippen LogP contribution in [0.2, 0.25) is 0 Å². The number of rotatable bonds is 6. The maximum Gasteiger partial charge on any atom is 0.123 e. The van der Waals surface area contributed by atoms with Crippen molar-refractivity contribution in [1.29, 1.82) is 0 Å². The summed E-state index contributed by atoms with van der Waals surface area (Å²) in [5, 5.41) is 1.04. The molecular weight excluding hydrogens is 337 g/mol. The van der Waals surface area contributed by atoms with Gasteiger partial charge in [0.25, 0.3) is 0 Å². The number of fused-ring (bicyclic) bond motifs is 1. The molecule has 3 nitrogen and oxygen atoms in total. The molecule has 1 aromatic heterocycles. The molecule has 2 aromatic carbocycles. The minimum absolute atomic E-state index is 0.155. The Kier molecular flexibility index (Phi) is 5.55. The van der Waals surface area contributed by atoms with Gasteiger partial charge in [-0.1, -0.05) is 30.3 Å². The highest BCUT2D eigenvalue weighted by Crippen LogP contribution is 2.24. The zero-order valence-corrected chi connectivity index (χ0v) is 16.0. The number of aromatic nitrogens is 1. The van der Waals surface area contributed by atoms with Crippen LogP contribution in [0.25, 0.3) is 10.9 Å². The zero-order valence-electron chi connectivity index (χ0n) is 16.0. The quantitative estimate of drug-likeness (QED) is 0.701. The lowest BCUT2D eigenvalue weighted by atomic mass is 10.1. The number of nitrogens with one attached hydrogen (secondary N) is 1. The molecule has 1 saturated heterocycles. The van der Waals surface area contributed by atoms with Crippen molar-refractivity contribution in [2.24, 2.45) is 0 Å². The molecule has 2 heterocycles. The van der Waals surface area contributed by atoms with E-state index in [0.717, 1.165) is 63.0 Å². The van der Waals surface area contributed by atoms with Gasteiger partial charge in [-0.15, -0.1) is 0 Å². The summed E-state index contributed by atoms with van der Waals surface area (Å²) in [5.74, 6) is -0.155. The minimum atomic E-state index is -0.155. The highest BCUT2D eigenvalue weighted by Gasteiger charge is 2.17. The van der Waals surface area contributed by atoms with Crippen molar-refractivity contribution >= 4 is 10.9 Å². The van der Waals surface area contributed by atoms with Crippen LogP contribution in [0.5, 0.6) is 0 Å². The Morgan fingerprint density at radius 3 is 2.48 bits per heavy atom. The van der Waals surface area contributed by atoms with E-state index >= 15 is 0 Å². The van der Waals surface area contributed by atoms with Crippen LogP contribution in [0, 0.1) is 12.7 Å². The summed E-state index contributed by atoms with van der Waals surface area (Å²) in [5.41, 5.74) is 4.88. The predicted octanol–water partition coefficient (Wildman–Crippen LogP) is 4.37. The first-order valence-corrected chi connectivity index (χ1v) is 9.94. The summed E-state index contributed by atoms with van der Waals surface area (Å²) in [6, 6.07) is 15.7. The monoisotopic (exact) mass is 365 g/mol. The molecule has 0 radical (unpaired) electrons. The van der Waals surface area contributed by atoms with Crippen molar-refractivity contribution in [3.8, 4) is 0 Å². The highest BCUT2D eigenvalue weighted by molar-refractivity contribution is 5.84. The number of hydrogen-bond donors (Lipinski definition) is 1. The van der Waals surface area contributed by atoms with Crippen LogP contribution in [-0.2, 0) is 13.0 Å². The smallest absolute Gasteiger partial charge is 0.123 e. The van der Waals surface area contributed by atoms with E-state index in [0.29, 0.717) is 0 Å². The van der Waals surface area contributed by atoms with Gasteiger partial charge in [-0.05, 0) is 55.6 Å². The van der Waals surface area contributed by atoms with E-state index in [1.54, 1.807) is 6.07 Å². The molecule has 1 fully saturated rings. The molecular formula is C23H28FN3. The van der Waals surface area contributed by atoms with Crippen molar-refractivity contribution in [2.75, 3.05) is 32.7 Å². The van der Waals surface area contributed by atoms with Crippen molar-refractivity contribution in [2.45, 2.75) is 26.3 Å². The molecule has 1 aliphatic heterocycles. The number of benzene rings is 2. The number of nitrogens with zero attached hydrogens (tertiary/aromatic N) is 2. The van der Waals surface area contributed by atoms with Gasteiger partial charge in [-0.25, -0.2) is 4.39 Å². The highest BCUT2D eigenvalue weighted by atomic mass is 19.1. The van der Waals surface area contributed by atoms with E-state index in [1.165, 1.54) is 22.9 Å². The number of halogens is 1. The third-order valence-corrected chi connectivity index (χ3v) is 5.70. The maximum absolute atomic E-state index is 13.6. The maximum atomic E-state index is 13.6. The van der Waals surface area contributed by atoms with Gasteiger partial charge in [0.15, 0.2) is 0 Å². The molecule has 27 heavy (non-hydrogen) atoms. The molecule has 0 amide bonds. The van der Waals surface area contributed by atoms with E-state index in [1.807, 2.05) is 6.07 Å². The van der Waals surface area contributed by atoms with Crippen LogP contribution >= 0.6 is 0 Å². The molecule has 3 aromatic rings. The first-order chi connectivity index (χ1) is 13.2. The fourth-order valence-electron chi connectivity index (χ4n) is 4.17. The lowest BCUT2D eigenvalue weighted by Gasteiger charge is -2.34. The molecule has 0 saturated carbocycles. The molecule has 1 N–H and O–H groups in total. The molecule has 4 rings (SSSR count). The summed E-state index contributed by atoms with van der Waals surface area (Å²) in [6.45, 7) is 8.78. The third kappa shape index (κ3) is 4.40. The van der Waals surface area contributed by atoms with Gasteiger partial charge in [0.1, 0.15) is 5.82 Å². The Morgan fingerprint density at radius 2 is 1.70 bits per heavy atom. The van der Waals surface area contributed by atoms with Crippen LogP contribution in [-0.4, -0.2) is 47.5 Å². The third-order valence-electron chi connectivity index (χ3n) is 5.70. The van der Waals surface area contributed by atoms with Crippen molar-refractivity contribution in [1.82, 2.24) is 14.8 Å². The van der Waals surface area contributed by atoms with Crippen LogP contribution < -0.4 is 0 Å². The summed E-state index contributed by atoms with van der Waals surface area (Å²) in [7, 11) is 0. The first-order valence-electron chi connectivity index (χ1n) is 9.94. The number of aromatic amines is 1. The first kappa shape index (κ1) is 18.2. The standard InChI is InChI=1S/C23H28FN3/c1-18-21(22-16-20(24)9-10-23(22)25-18)8-5-11-26-12-14-27(15-13-26)17-19-6-3-2-4-7-19/h2-4,6-7,9-10,16,25H,5,8,11-15,17H2,1H3. The van der Waals surface area contributed by atoms with Gasteiger partial charge < -0.3 is 9.88 Å². The Morgan fingerprint density at radius 1 is 0.963 bits per heavy atom. The number of piperazine rings is 1. The van der Waals surface area contributed by atoms with E-state index in [9.17, 15) is 4.39 Å². The van der Waals surface area contributed by atoms with Gasteiger partial charge in [0.2, 0.25) is 0 Å². The average molecular weight is 365 g/mol. The largest absolute Gasteiger partial charge is 0.358 e. The lowest BCUT2D eigenvalue weighted by Crippen LogP contribution is -2.46. The molecule has 0 bridgehead atoms. The Bertz CT molecular complexity index is 879. The fraction of sp³-hybridized carbons (Fsp3) is 0.391. The number of hydrogen-bond acceptors (Lipinski definition) is 2. The summed E-state index contributed by atoms with van der Waals surface area (Å²) in [6.07, 6.45) is 2.11. The second kappa shape index (κ2) is 8.24. The molecule has 142 valence electrons. The number of H-pyrrole nitrogens is 1. The molecule has 1 aliphatic rings.